The third-order valence-corrected chi connectivity index (χ3v) is 3.50. The van der Waals surface area contributed by atoms with Gasteiger partial charge in [-0.25, -0.2) is 0 Å². The van der Waals surface area contributed by atoms with Gasteiger partial charge in [0.25, 0.3) is 0 Å². The van der Waals surface area contributed by atoms with Gasteiger partial charge in [0.1, 0.15) is 0 Å². The number of rotatable bonds is 2. The molecule has 0 bridgehead atoms. The quantitative estimate of drug-likeness (QED) is 0.858. The predicted molar refractivity (Wildman–Crippen MR) is 74.0 cm³/mol. The van der Waals surface area contributed by atoms with Crippen LogP contribution >= 0.6 is 34.8 Å². The fraction of sp³-hybridized carbons (Fsp3) is 0.154. The van der Waals surface area contributed by atoms with E-state index in [0.29, 0.717) is 11.1 Å². The highest BCUT2D eigenvalue weighted by atomic mass is 35.6. The van der Waals surface area contributed by atoms with Crippen molar-refractivity contribution in [2.45, 2.75) is 9.39 Å². The van der Waals surface area contributed by atoms with Crippen molar-refractivity contribution in [3.8, 4) is 0 Å². The Labute approximate surface area is 120 Å². The number of pyridine rings is 1. The van der Waals surface area contributed by atoms with Gasteiger partial charge in [-0.05, 0) is 11.6 Å². The van der Waals surface area contributed by atoms with Gasteiger partial charge in [-0.15, -0.1) is 0 Å². The Morgan fingerprint density at radius 1 is 0.889 bits per heavy atom. The van der Waals surface area contributed by atoms with E-state index in [9.17, 15) is 5.11 Å². The van der Waals surface area contributed by atoms with Crippen LogP contribution in [-0.2, 0) is 5.60 Å². The number of alkyl halides is 3. The Kier molecular flexibility index (Phi) is 3.83. The Balaban J connectivity index is 2.63. The fourth-order valence-electron chi connectivity index (χ4n) is 1.75. The number of aromatic nitrogens is 1. The van der Waals surface area contributed by atoms with E-state index in [2.05, 4.69) is 4.98 Å². The van der Waals surface area contributed by atoms with E-state index in [4.69, 9.17) is 34.8 Å². The van der Waals surface area contributed by atoms with Gasteiger partial charge in [0.2, 0.25) is 3.79 Å². The summed E-state index contributed by atoms with van der Waals surface area (Å²) in [5, 5.41) is 10.9. The van der Waals surface area contributed by atoms with Crippen molar-refractivity contribution in [1.29, 1.82) is 0 Å². The van der Waals surface area contributed by atoms with Crippen molar-refractivity contribution in [3.63, 3.8) is 0 Å². The second-order valence-corrected chi connectivity index (χ2v) is 6.10. The van der Waals surface area contributed by atoms with E-state index in [1.54, 1.807) is 42.6 Å². The van der Waals surface area contributed by atoms with Gasteiger partial charge in [0.05, 0.1) is 0 Å². The monoisotopic (exact) mass is 301 g/mol. The summed E-state index contributed by atoms with van der Waals surface area (Å²) in [5.41, 5.74) is -0.818. The topological polar surface area (TPSA) is 33.1 Å². The molecule has 18 heavy (non-hydrogen) atoms. The Morgan fingerprint density at radius 3 is 2.00 bits per heavy atom. The lowest BCUT2D eigenvalue weighted by Crippen LogP contribution is -2.41. The van der Waals surface area contributed by atoms with Gasteiger partial charge in [-0.1, -0.05) is 71.2 Å². The van der Waals surface area contributed by atoms with E-state index in [1.807, 2.05) is 6.07 Å². The van der Waals surface area contributed by atoms with Crippen molar-refractivity contribution < 1.29 is 5.11 Å². The first-order valence-electron chi connectivity index (χ1n) is 5.21. The molecule has 0 amide bonds. The fourth-order valence-corrected chi connectivity index (χ4v) is 2.40. The SMILES string of the molecule is O[C@](c1ccccc1)(c1cccnc1)C(Cl)(Cl)Cl. The van der Waals surface area contributed by atoms with Crippen LogP contribution in [0.3, 0.4) is 0 Å². The molecule has 0 unspecified atom stereocenters. The highest BCUT2D eigenvalue weighted by Gasteiger charge is 2.50. The summed E-state index contributed by atoms with van der Waals surface area (Å²) in [4.78, 5) is 3.95. The molecule has 0 radical (unpaired) electrons. The molecular weight excluding hydrogens is 293 g/mol. The summed E-state index contributed by atoms with van der Waals surface area (Å²) in [7, 11) is 0. The number of aliphatic hydroxyl groups is 1. The van der Waals surface area contributed by atoms with Crippen molar-refractivity contribution >= 4 is 34.8 Å². The largest absolute Gasteiger partial charge is 0.376 e. The minimum Gasteiger partial charge on any atom is -0.376 e. The molecule has 2 rings (SSSR count). The van der Waals surface area contributed by atoms with Gasteiger partial charge >= 0.3 is 0 Å². The molecule has 0 saturated heterocycles. The Hall–Kier alpha value is -0.800. The molecular formula is C13H10Cl3NO. The predicted octanol–water partition coefficient (Wildman–Crippen LogP) is 3.69. The van der Waals surface area contributed by atoms with Crippen molar-refractivity contribution in [2.75, 3.05) is 0 Å². The number of benzene rings is 1. The second-order valence-electron chi connectivity index (χ2n) is 3.82. The molecule has 1 aromatic heterocycles. The molecule has 0 aliphatic carbocycles. The van der Waals surface area contributed by atoms with Crippen LogP contribution in [0.1, 0.15) is 11.1 Å². The molecule has 0 fully saturated rings. The first-order chi connectivity index (χ1) is 8.46. The van der Waals surface area contributed by atoms with Crippen LogP contribution in [0.5, 0.6) is 0 Å². The lowest BCUT2D eigenvalue weighted by molar-refractivity contribution is 0.0846. The normalized spacial score (nSPS) is 15.1. The van der Waals surface area contributed by atoms with E-state index < -0.39 is 9.39 Å². The molecule has 1 heterocycles. The molecule has 0 aliphatic rings. The van der Waals surface area contributed by atoms with Crippen LogP contribution in [0.15, 0.2) is 54.9 Å². The molecule has 0 spiro atoms. The highest BCUT2D eigenvalue weighted by molar-refractivity contribution is 6.68. The summed E-state index contributed by atoms with van der Waals surface area (Å²) in [6.45, 7) is 0. The maximum atomic E-state index is 10.9. The lowest BCUT2D eigenvalue weighted by Gasteiger charge is -2.35. The maximum Gasteiger partial charge on any atom is 0.227 e. The zero-order chi connectivity index (χ0) is 13.2. The molecule has 0 aliphatic heterocycles. The summed E-state index contributed by atoms with van der Waals surface area (Å²) in [6, 6.07) is 12.1. The average molecular weight is 303 g/mol. The van der Waals surface area contributed by atoms with Crippen LogP contribution in [0.25, 0.3) is 0 Å². The number of nitrogens with zero attached hydrogens (tertiary/aromatic N) is 1. The Morgan fingerprint density at radius 2 is 1.50 bits per heavy atom. The zero-order valence-corrected chi connectivity index (χ0v) is 11.5. The van der Waals surface area contributed by atoms with Crippen LogP contribution in [0, 0.1) is 0 Å². The van der Waals surface area contributed by atoms with Gasteiger partial charge in [-0.2, -0.15) is 0 Å². The summed E-state index contributed by atoms with van der Waals surface area (Å²) >= 11 is 17.9. The highest BCUT2D eigenvalue weighted by Crippen LogP contribution is 2.48. The number of hydrogen-bond donors (Lipinski definition) is 1. The van der Waals surface area contributed by atoms with E-state index in [1.165, 1.54) is 6.20 Å². The molecule has 0 saturated carbocycles. The standard InChI is InChI=1S/C13H10Cl3NO/c14-13(15,16)12(18,10-5-2-1-3-6-10)11-7-4-8-17-9-11/h1-9,18H/t12-/m1/s1. The first-order valence-corrected chi connectivity index (χ1v) is 6.35. The zero-order valence-electron chi connectivity index (χ0n) is 9.22. The number of hydrogen-bond acceptors (Lipinski definition) is 2. The maximum absolute atomic E-state index is 10.9. The minimum absolute atomic E-state index is 0.427. The molecule has 2 aromatic rings. The summed E-state index contributed by atoms with van der Waals surface area (Å²) < 4.78 is -1.91. The third kappa shape index (κ3) is 2.34. The lowest BCUT2D eigenvalue weighted by atomic mass is 9.88. The van der Waals surface area contributed by atoms with Crippen LogP contribution in [0.4, 0.5) is 0 Å². The van der Waals surface area contributed by atoms with Gasteiger partial charge in [0, 0.05) is 18.0 Å². The summed E-state index contributed by atoms with van der Waals surface area (Å²) in [5.74, 6) is 0. The number of halogens is 3. The van der Waals surface area contributed by atoms with Gasteiger partial charge in [0.15, 0.2) is 5.60 Å². The van der Waals surface area contributed by atoms with E-state index >= 15 is 0 Å². The van der Waals surface area contributed by atoms with Crippen LogP contribution in [0.2, 0.25) is 0 Å². The molecule has 1 atom stereocenters. The van der Waals surface area contributed by atoms with Crippen molar-refractivity contribution in [3.05, 3.63) is 66.0 Å². The van der Waals surface area contributed by atoms with E-state index in [-0.39, 0.29) is 0 Å². The van der Waals surface area contributed by atoms with Gasteiger partial charge < -0.3 is 5.11 Å². The van der Waals surface area contributed by atoms with E-state index in [0.717, 1.165) is 0 Å². The smallest absolute Gasteiger partial charge is 0.227 e. The van der Waals surface area contributed by atoms with Crippen LogP contribution < -0.4 is 0 Å². The molecule has 5 heteroatoms. The molecule has 1 aromatic carbocycles. The van der Waals surface area contributed by atoms with Crippen LogP contribution in [-0.4, -0.2) is 13.9 Å². The van der Waals surface area contributed by atoms with Crippen molar-refractivity contribution in [2.24, 2.45) is 0 Å². The van der Waals surface area contributed by atoms with Crippen molar-refractivity contribution in [1.82, 2.24) is 4.98 Å². The van der Waals surface area contributed by atoms with Gasteiger partial charge in [-0.3, -0.25) is 4.98 Å². The average Bonchev–Trinajstić information content (AvgIpc) is 2.38. The third-order valence-electron chi connectivity index (χ3n) is 2.68. The first kappa shape index (κ1) is 13.6. The summed E-state index contributed by atoms with van der Waals surface area (Å²) in [6.07, 6.45) is 3.07. The minimum atomic E-state index is -1.91. The second kappa shape index (κ2) is 5.06. The Bertz CT molecular complexity index is 471. The molecule has 1 N–H and O–H groups in total. The molecule has 94 valence electrons. The molecule has 2 nitrogen and oxygen atoms in total.